The SMILES string of the molecule is CC(O)C(NC(=O)C1CCCN1C(=O)C(N)CCCCN)C(=O)NC(CS)C(=O)O. The van der Waals surface area contributed by atoms with Crippen molar-refractivity contribution in [2.75, 3.05) is 18.8 Å². The summed E-state index contributed by atoms with van der Waals surface area (Å²) >= 11 is 3.87. The number of carboxylic acid groups (broad SMARTS) is 1. The van der Waals surface area contributed by atoms with E-state index in [4.69, 9.17) is 16.6 Å². The Hall–Kier alpha value is -1.89. The Bertz CT molecular complexity index is 620. The summed E-state index contributed by atoms with van der Waals surface area (Å²) in [6.07, 6.45) is 1.63. The van der Waals surface area contributed by atoms with Gasteiger partial charge in [-0.05, 0) is 39.2 Å². The number of carboxylic acids is 1. The van der Waals surface area contributed by atoms with Crippen LogP contribution in [0.25, 0.3) is 0 Å². The van der Waals surface area contributed by atoms with Gasteiger partial charge in [-0.2, -0.15) is 12.6 Å². The van der Waals surface area contributed by atoms with E-state index in [2.05, 4.69) is 23.3 Å². The van der Waals surface area contributed by atoms with Gasteiger partial charge in [0.25, 0.3) is 0 Å². The molecule has 172 valence electrons. The standard InChI is InChI=1S/C18H33N5O6S/c1-10(24)14(16(26)21-12(9-30)18(28)29)22-15(25)13-6-4-8-23(13)17(27)11(20)5-2-3-7-19/h10-14,24,30H,2-9,19-20H2,1H3,(H,21,26)(H,22,25)(H,28,29). The number of aliphatic hydroxyl groups excluding tert-OH is 1. The molecule has 0 saturated carbocycles. The maximum Gasteiger partial charge on any atom is 0.327 e. The van der Waals surface area contributed by atoms with Crippen LogP contribution in [0, 0.1) is 0 Å². The van der Waals surface area contributed by atoms with Crippen LogP contribution in [0.1, 0.15) is 39.0 Å². The summed E-state index contributed by atoms with van der Waals surface area (Å²) in [6, 6.07) is -4.20. The fraction of sp³-hybridized carbons (Fsp3) is 0.778. The molecule has 5 atom stereocenters. The van der Waals surface area contributed by atoms with Crippen molar-refractivity contribution in [3.63, 3.8) is 0 Å². The third kappa shape index (κ3) is 7.42. The molecule has 3 amide bonds. The number of nitrogens with two attached hydrogens (primary N) is 2. The first kappa shape index (κ1) is 26.1. The van der Waals surface area contributed by atoms with E-state index in [0.717, 1.165) is 6.42 Å². The molecule has 5 unspecified atom stereocenters. The van der Waals surface area contributed by atoms with Crippen molar-refractivity contribution in [1.82, 2.24) is 15.5 Å². The Labute approximate surface area is 181 Å². The first-order valence-corrected chi connectivity index (χ1v) is 10.7. The number of thiol groups is 1. The minimum atomic E-state index is -1.38. The van der Waals surface area contributed by atoms with E-state index in [9.17, 15) is 24.3 Å². The second-order valence-electron chi connectivity index (χ2n) is 7.39. The van der Waals surface area contributed by atoms with Crippen molar-refractivity contribution in [3.05, 3.63) is 0 Å². The molecule has 1 aliphatic heterocycles. The summed E-state index contributed by atoms with van der Waals surface area (Å²) in [5, 5.41) is 23.6. The molecular formula is C18H33N5O6S. The van der Waals surface area contributed by atoms with Gasteiger partial charge < -0.3 is 37.2 Å². The molecule has 12 heteroatoms. The fourth-order valence-corrected chi connectivity index (χ4v) is 3.50. The summed E-state index contributed by atoms with van der Waals surface area (Å²) in [7, 11) is 0. The van der Waals surface area contributed by atoms with Crippen molar-refractivity contribution in [2.45, 2.75) is 69.3 Å². The van der Waals surface area contributed by atoms with Crippen LogP contribution >= 0.6 is 12.6 Å². The lowest BCUT2D eigenvalue weighted by Gasteiger charge is -2.29. The monoisotopic (exact) mass is 447 g/mol. The molecule has 0 bridgehead atoms. The smallest absolute Gasteiger partial charge is 0.327 e. The van der Waals surface area contributed by atoms with Crippen molar-refractivity contribution in [2.24, 2.45) is 11.5 Å². The maximum absolute atomic E-state index is 12.8. The van der Waals surface area contributed by atoms with Crippen LogP contribution in [0.15, 0.2) is 0 Å². The van der Waals surface area contributed by atoms with E-state index < -0.39 is 48.1 Å². The van der Waals surface area contributed by atoms with Gasteiger partial charge in [0, 0.05) is 12.3 Å². The zero-order chi connectivity index (χ0) is 22.8. The number of nitrogens with zero attached hydrogens (tertiary/aromatic N) is 1. The minimum absolute atomic E-state index is 0.158. The first-order valence-electron chi connectivity index (χ1n) is 10.0. The molecule has 1 saturated heterocycles. The van der Waals surface area contributed by atoms with E-state index in [1.807, 2.05) is 0 Å². The highest BCUT2D eigenvalue weighted by atomic mass is 32.1. The summed E-state index contributed by atoms with van der Waals surface area (Å²) in [5.74, 6) is -3.24. The first-order chi connectivity index (χ1) is 14.1. The highest BCUT2D eigenvalue weighted by Gasteiger charge is 2.38. The Balaban J connectivity index is 2.79. The van der Waals surface area contributed by atoms with Crippen LogP contribution in [0.2, 0.25) is 0 Å². The average Bonchev–Trinajstić information content (AvgIpc) is 3.18. The molecule has 0 radical (unpaired) electrons. The van der Waals surface area contributed by atoms with Gasteiger partial charge >= 0.3 is 5.97 Å². The van der Waals surface area contributed by atoms with E-state index >= 15 is 0 Å². The second kappa shape index (κ2) is 12.7. The van der Waals surface area contributed by atoms with Gasteiger partial charge in [0.2, 0.25) is 17.7 Å². The Morgan fingerprint density at radius 3 is 2.43 bits per heavy atom. The molecule has 0 aliphatic carbocycles. The van der Waals surface area contributed by atoms with E-state index in [1.54, 1.807) is 0 Å². The normalized spacial score (nSPS) is 20.2. The molecule has 1 aliphatic rings. The predicted molar refractivity (Wildman–Crippen MR) is 113 cm³/mol. The molecule has 0 aromatic heterocycles. The van der Waals surface area contributed by atoms with Crippen LogP contribution in [0.5, 0.6) is 0 Å². The molecule has 1 heterocycles. The molecular weight excluding hydrogens is 414 g/mol. The van der Waals surface area contributed by atoms with Crippen LogP contribution in [-0.2, 0) is 19.2 Å². The highest BCUT2D eigenvalue weighted by Crippen LogP contribution is 2.19. The zero-order valence-electron chi connectivity index (χ0n) is 17.1. The molecule has 0 aromatic rings. The van der Waals surface area contributed by atoms with Gasteiger partial charge in [-0.15, -0.1) is 0 Å². The Kier molecular flexibility index (Phi) is 11.1. The minimum Gasteiger partial charge on any atom is -0.480 e. The van der Waals surface area contributed by atoms with E-state index in [1.165, 1.54) is 11.8 Å². The third-order valence-electron chi connectivity index (χ3n) is 4.98. The van der Waals surface area contributed by atoms with Crippen molar-refractivity contribution in [1.29, 1.82) is 0 Å². The molecule has 30 heavy (non-hydrogen) atoms. The van der Waals surface area contributed by atoms with Crippen LogP contribution in [0.4, 0.5) is 0 Å². The number of likely N-dealkylation sites (tertiary alicyclic amines) is 1. The van der Waals surface area contributed by atoms with Gasteiger partial charge in [-0.25, -0.2) is 4.79 Å². The predicted octanol–water partition coefficient (Wildman–Crippen LogP) is -2.20. The van der Waals surface area contributed by atoms with Gasteiger partial charge in [0.15, 0.2) is 0 Å². The van der Waals surface area contributed by atoms with Crippen molar-refractivity contribution >= 4 is 36.3 Å². The Morgan fingerprint density at radius 2 is 1.90 bits per heavy atom. The largest absolute Gasteiger partial charge is 0.480 e. The molecule has 0 spiro atoms. The van der Waals surface area contributed by atoms with Gasteiger partial charge in [-0.1, -0.05) is 6.42 Å². The fourth-order valence-electron chi connectivity index (χ4n) is 3.25. The summed E-state index contributed by atoms with van der Waals surface area (Å²) in [6.45, 7) is 2.17. The number of hydrogen-bond donors (Lipinski definition) is 7. The zero-order valence-corrected chi connectivity index (χ0v) is 18.0. The molecule has 0 aromatic carbocycles. The van der Waals surface area contributed by atoms with E-state index in [0.29, 0.717) is 38.8 Å². The number of carbonyl (C=O) groups excluding carboxylic acids is 3. The lowest BCUT2D eigenvalue weighted by Crippen LogP contribution is -2.59. The van der Waals surface area contributed by atoms with Gasteiger partial charge in [0.05, 0.1) is 12.1 Å². The molecule has 1 rings (SSSR count). The lowest BCUT2D eigenvalue weighted by atomic mass is 10.1. The number of unbranched alkanes of at least 4 members (excludes halogenated alkanes) is 1. The molecule has 1 fully saturated rings. The van der Waals surface area contributed by atoms with Crippen molar-refractivity contribution < 1.29 is 29.4 Å². The number of aliphatic carboxylic acids is 1. The summed E-state index contributed by atoms with van der Waals surface area (Å²) < 4.78 is 0. The lowest BCUT2D eigenvalue weighted by molar-refractivity contribution is -0.143. The Morgan fingerprint density at radius 1 is 1.23 bits per heavy atom. The van der Waals surface area contributed by atoms with Crippen LogP contribution in [0.3, 0.4) is 0 Å². The number of hydrogen-bond acceptors (Lipinski definition) is 8. The number of carbonyl (C=O) groups is 4. The van der Waals surface area contributed by atoms with Crippen molar-refractivity contribution in [3.8, 4) is 0 Å². The number of nitrogens with one attached hydrogen (secondary N) is 2. The molecule has 8 N–H and O–H groups in total. The number of amides is 3. The van der Waals surface area contributed by atoms with E-state index in [-0.39, 0.29) is 11.7 Å². The van der Waals surface area contributed by atoms with Gasteiger partial charge in [0.1, 0.15) is 18.1 Å². The van der Waals surface area contributed by atoms with Crippen LogP contribution < -0.4 is 22.1 Å². The summed E-state index contributed by atoms with van der Waals surface area (Å²) in [5.41, 5.74) is 11.4. The maximum atomic E-state index is 12.8. The second-order valence-corrected chi connectivity index (χ2v) is 7.75. The highest BCUT2D eigenvalue weighted by molar-refractivity contribution is 7.80. The van der Waals surface area contributed by atoms with Gasteiger partial charge in [-0.3, -0.25) is 14.4 Å². The topological polar surface area (TPSA) is 188 Å². The average molecular weight is 448 g/mol. The third-order valence-corrected chi connectivity index (χ3v) is 5.35. The number of rotatable bonds is 12. The quantitative estimate of drug-likeness (QED) is 0.130. The summed E-state index contributed by atoms with van der Waals surface area (Å²) in [4.78, 5) is 50.3. The molecule has 11 nitrogen and oxygen atoms in total. The van der Waals surface area contributed by atoms with Crippen LogP contribution in [-0.4, -0.2) is 87.9 Å². The number of aliphatic hydroxyl groups is 1.